The average Bonchev–Trinajstić information content (AvgIpc) is 2.94. The van der Waals surface area contributed by atoms with Crippen molar-refractivity contribution >= 4 is 29.2 Å². The van der Waals surface area contributed by atoms with E-state index in [1.807, 2.05) is 12.1 Å². The number of ether oxygens (including phenoxy) is 1. The third-order valence-electron chi connectivity index (χ3n) is 6.50. The minimum Gasteiger partial charge on any atom is -0.497 e. The van der Waals surface area contributed by atoms with Crippen LogP contribution in [0.5, 0.6) is 5.75 Å². The number of ketones is 1. The van der Waals surface area contributed by atoms with Gasteiger partial charge in [0.15, 0.2) is 0 Å². The van der Waals surface area contributed by atoms with Crippen molar-refractivity contribution in [2.45, 2.75) is 50.9 Å². The van der Waals surface area contributed by atoms with Gasteiger partial charge < -0.3 is 15.4 Å². The molecule has 0 aliphatic rings. The SMILES string of the molecule is COc1ccc(C(CC(=O)NC(Cc2ccccn2)C(=O)N[C@H](C(=O)C(F)(F)F)C(C)C)c2ccc(Cl)cc2)cc1. The summed E-state index contributed by atoms with van der Waals surface area (Å²) in [6, 6.07) is 16.0. The second-order valence-electron chi connectivity index (χ2n) is 9.82. The van der Waals surface area contributed by atoms with Gasteiger partial charge in [-0.25, -0.2) is 0 Å². The number of hydrogen-bond donors (Lipinski definition) is 2. The molecule has 0 saturated heterocycles. The predicted molar refractivity (Wildman–Crippen MR) is 149 cm³/mol. The number of halogens is 4. The van der Waals surface area contributed by atoms with Crippen molar-refractivity contribution in [3.8, 4) is 5.75 Å². The van der Waals surface area contributed by atoms with E-state index < -0.39 is 47.7 Å². The first-order valence-electron chi connectivity index (χ1n) is 12.9. The lowest BCUT2D eigenvalue weighted by Gasteiger charge is -2.26. The molecule has 0 aliphatic heterocycles. The topological polar surface area (TPSA) is 97.4 Å². The molecule has 3 atom stereocenters. The molecule has 1 heterocycles. The van der Waals surface area contributed by atoms with Crippen molar-refractivity contribution in [3.63, 3.8) is 0 Å². The lowest BCUT2D eigenvalue weighted by Crippen LogP contribution is -2.56. The zero-order chi connectivity index (χ0) is 30.2. The Kier molecular flexibility index (Phi) is 10.9. The number of methoxy groups -OCH3 is 1. The van der Waals surface area contributed by atoms with Crippen molar-refractivity contribution in [1.82, 2.24) is 15.6 Å². The summed E-state index contributed by atoms with van der Waals surface area (Å²) in [6.45, 7) is 2.79. The predicted octanol–water partition coefficient (Wildman–Crippen LogP) is 5.27. The first-order valence-corrected chi connectivity index (χ1v) is 13.3. The van der Waals surface area contributed by atoms with Crippen LogP contribution in [-0.2, 0) is 20.8 Å². The number of aromatic nitrogens is 1. The Balaban J connectivity index is 1.87. The molecule has 3 aromatic rings. The Morgan fingerprint density at radius 3 is 2.05 bits per heavy atom. The molecule has 0 bridgehead atoms. The molecule has 2 N–H and O–H groups in total. The number of carbonyl (C=O) groups is 3. The molecule has 0 saturated carbocycles. The van der Waals surface area contributed by atoms with Crippen LogP contribution >= 0.6 is 11.6 Å². The molecule has 11 heteroatoms. The Hall–Kier alpha value is -3.92. The summed E-state index contributed by atoms with van der Waals surface area (Å²) in [5.74, 6) is -4.16. The zero-order valence-corrected chi connectivity index (χ0v) is 23.5. The van der Waals surface area contributed by atoms with Crippen LogP contribution in [0.3, 0.4) is 0 Å². The second kappa shape index (κ2) is 14.1. The number of alkyl halides is 3. The molecule has 41 heavy (non-hydrogen) atoms. The first kappa shape index (κ1) is 31.6. The van der Waals surface area contributed by atoms with Gasteiger partial charge in [0, 0.05) is 35.7 Å². The van der Waals surface area contributed by atoms with Crippen molar-refractivity contribution in [1.29, 1.82) is 0 Å². The zero-order valence-electron chi connectivity index (χ0n) is 22.7. The van der Waals surface area contributed by atoms with E-state index in [9.17, 15) is 27.6 Å². The fraction of sp³-hybridized carbons (Fsp3) is 0.333. The van der Waals surface area contributed by atoms with Crippen LogP contribution < -0.4 is 15.4 Å². The number of hydrogen-bond acceptors (Lipinski definition) is 5. The third kappa shape index (κ3) is 9.04. The summed E-state index contributed by atoms with van der Waals surface area (Å²) in [6.07, 6.45) is -3.82. The Labute approximate surface area is 241 Å². The van der Waals surface area contributed by atoms with E-state index in [1.165, 1.54) is 27.2 Å². The van der Waals surface area contributed by atoms with Gasteiger partial charge in [0.25, 0.3) is 5.78 Å². The maximum absolute atomic E-state index is 13.4. The Morgan fingerprint density at radius 1 is 0.927 bits per heavy atom. The third-order valence-corrected chi connectivity index (χ3v) is 6.75. The van der Waals surface area contributed by atoms with Crippen molar-refractivity contribution in [3.05, 3.63) is 94.8 Å². The lowest BCUT2D eigenvalue weighted by molar-refractivity contribution is -0.175. The Bertz CT molecular complexity index is 1320. The van der Waals surface area contributed by atoms with Gasteiger partial charge >= 0.3 is 6.18 Å². The van der Waals surface area contributed by atoms with Gasteiger partial charge in [0.1, 0.15) is 11.8 Å². The van der Waals surface area contributed by atoms with Crippen LogP contribution in [0.2, 0.25) is 5.02 Å². The number of benzene rings is 2. The van der Waals surface area contributed by atoms with Crippen LogP contribution in [-0.4, -0.2) is 48.0 Å². The highest BCUT2D eigenvalue weighted by Gasteiger charge is 2.45. The molecule has 3 rings (SSSR count). The molecule has 2 amide bonds. The van der Waals surface area contributed by atoms with Gasteiger partial charge in [0.05, 0.1) is 13.2 Å². The molecule has 0 radical (unpaired) electrons. The summed E-state index contributed by atoms with van der Waals surface area (Å²) in [5, 5.41) is 5.38. The maximum Gasteiger partial charge on any atom is 0.452 e. The average molecular weight is 590 g/mol. The largest absolute Gasteiger partial charge is 0.497 e. The van der Waals surface area contributed by atoms with E-state index in [4.69, 9.17) is 16.3 Å². The first-order chi connectivity index (χ1) is 19.4. The van der Waals surface area contributed by atoms with Gasteiger partial charge in [-0.05, 0) is 53.4 Å². The fourth-order valence-corrected chi connectivity index (χ4v) is 4.43. The maximum atomic E-state index is 13.4. The van der Waals surface area contributed by atoms with Gasteiger partial charge in [-0.1, -0.05) is 55.8 Å². The van der Waals surface area contributed by atoms with Crippen LogP contribution in [0.4, 0.5) is 13.2 Å². The summed E-state index contributed by atoms with van der Waals surface area (Å²) in [5.41, 5.74) is 2.02. The van der Waals surface area contributed by atoms with E-state index in [-0.39, 0.29) is 12.8 Å². The van der Waals surface area contributed by atoms with E-state index >= 15 is 0 Å². The van der Waals surface area contributed by atoms with Crippen LogP contribution in [0.25, 0.3) is 0 Å². The van der Waals surface area contributed by atoms with Crippen LogP contribution in [0.15, 0.2) is 72.9 Å². The van der Waals surface area contributed by atoms with Gasteiger partial charge in [-0.3, -0.25) is 19.4 Å². The number of carbonyl (C=O) groups excluding carboxylic acids is 3. The van der Waals surface area contributed by atoms with Crippen LogP contribution in [0, 0.1) is 5.92 Å². The highest BCUT2D eigenvalue weighted by atomic mass is 35.5. The molecule has 1 aromatic heterocycles. The summed E-state index contributed by atoms with van der Waals surface area (Å²) < 4.78 is 44.9. The molecule has 0 fully saturated rings. The lowest BCUT2D eigenvalue weighted by atomic mass is 9.88. The molecule has 7 nitrogen and oxygen atoms in total. The van der Waals surface area contributed by atoms with Gasteiger partial charge in [-0.2, -0.15) is 13.2 Å². The van der Waals surface area contributed by atoms with Crippen molar-refractivity contribution < 1.29 is 32.3 Å². The second-order valence-corrected chi connectivity index (χ2v) is 10.3. The molecule has 2 aromatic carbocycles. The number of rotatable bonds is 12. The van der Waals surface area contributed by atoms with E-state index in [0.717, 1.165) is 11.1 Å². The molecule has 0 spiro atoms. The quantitative estimate of drug-likeness (QED) is 0.300. The summed E-state index contributed by atoms with van der Waals surface area (Å²) in [7, 11) is 1.54. The number of nitrogens with one attached hydrogen (secondary N) is 2. The normalized spacial score (nSPS) is 13.7. The highest BCUT2D eigenvalue weighted by Crippen LogP contribution is 2.30. The fourth-order valence-electron chi connectivity index (χ4n) is 4.30. The summed E-state index contributed by atoms with van der Waals surface area (Å²) in [4.78, 5) is 42.9. The molecule has 2 unspecified atom stereocenters. The number of amides is 2. The molecular formula is C30H31ClF3N3O4. The standard InChI is InChI=1S/C30H31ClF3N3O4/c1-18(2)27(28(39)30(32,33)34)37-29(40)25(16-22-6-4-5-15-35-22)36-26(38)17-24(19-7-11-21(31)12-8-19)20-9-13-23(41-3)14-10-20/h4-15,18,24-25,27H,16-17H2,1-3H3,(H,36,38)(H,37,40)/t24?,25?,27-/m0/s1. The molecule has 0 aliphatic carbocycles. The smallest absolute Gasteiger partial charge is 0.452 e. The van der Waals surface area contributed by atoms with E-state index in [2.05, 4.69) is 15.6 Å². The van der Waals surface area contributed by atoms with E-state index in [0.29, 0.717) is 16.5 Å². The molecule has 218 valence electrons. The van der Waals surface area contributed by atoms with Gasteiger partial charge in [-0.15, -0.1) is 0 Å². The number of nitrogens with zero attached hydrogens (tertiary/aromatic N) is 1. The number of Topliss-reactive ketones (excluding diaryl/α,β-unsaturated/α-hetero) is 1. The van der Waals surface area contributed by atoms with Gasteiger partial charge in [0.2, 0.25) is 11.8 Å². The molecular weight excluding hydrogens is 559 g/mol. The van der Waals surface area contributed by atoms with E-state index in [1.54, 1.807) is 54.6 Å². The number of pyridine rings is 1. The van der Waals surface area contributed by atoms with Crippen molar-refractivity contribution in [2.75, 3.05) is 7.11 Å². The minimum atomic E-state index is -5.13. The van der Waals surface area contributed by atoms with Crippen molar-refractivity contribution in [2.24, 2.45) is 5.92 Å². The Morgan fingerprint density at radius 2 is 1.54 bits per heavy atom. The monoisotopic (exact) mass is 589 g/mol. The van der Waals surface area contributed by atoms with Crippen LogP contribution in [0.1, 0.15) is 43.0 Å². The minimum absolute atomic E-state index is 0.0882. The summed E-state index contributed by atoms with van der Waals surface area (Å²) >= 11 is 6.06. The highest BCUT2D eigenvalue weighted by molar-refractivity contribution is 6.30.